The first kappa shape index (κ1) is 21.7. The number of ether oxygens (including phenoxy) is 2. The zero-order valence-electron chi connectivity index (χ0n) is 17.1. The maximum atomic E-state index is 14.2. The summed E-state index contributed by atoms with van der Waals surface area (Å²) in [6.45, 7) is 4.27. The maximum Gasteiger partial charge on any atom is 0.165 e. The van der Waals surface area contributed by atoms with Crippen LogP contribution in [0.4, 0.5) is 13.2 Å². The fourth-order valence-electron chi connectivity index (χ4n) is 4.02. The van der Waals surface area contributed by atoms with Crippen molar-refractivity contribution in [3.63, 3.8) is 0 Å². The lowest BCUT2D eigenvalue weighted by Crippen LogP contribution is -2.21. The summed E-state index contributed by atoms with van der Waals surface area (Å²) in [5.41, 5.74) is 1.65. The molecular formula is C24H29F3O2. The van der Waals surface area contributed by atoms with Gasteiger partial charge < -0.3 is 9.47 Å². The Balaban J connectivity index is 1.53. The molecule has 0 heterocycles. The third-order valence-corrected chi connectivity index (χ3v) is 5.64. The maximum absolute atomic E-state index is 14.2. The Kier molecular flexibility index (Phi) is 7.59. The van der Waals surface area contributed by atoms with Crippen molar-refractivity contribution in [1.82, 2.24) is 0 Å². The number of hydrogen-bond donors (Lipinski definition) is 0. The molecule has 2 nitrogen and oxygen atoms in total. The van der Waals surface area contributed by atoms with Crippen LogP contribution in [0.3, 0.4) is 0 Å². The highest BCUT2D eigenvalue weighted by Gasteiger charge is 2.24. The van der Waals surface area contributed by atoms with Gasteiger partial charge in [-0.2, -0.15) is 0 Å². The number of aryl methyl sites for hydroxylation is 1. The molecule has 1 saturated carbocycles. The number of benzene rings is 2. The summed E-state index contributed by atoms with van der Waals surface area (Å²) >= 11 is 0. The van der Waals surface area contributed by atoms with Gasteiger partial charge in [0.05, 0.1) is 19.3 Å². The molecule has 5 heteroatoms. The number of rotatable bonds is 8. The Morgan fingerprint density at radius 3 is 2.24 bits per heavy atom. The van der Waals surface area contributed by atoms with E-state index in [1.54, 1.807) is 24.3 Å². The minimum atomic E-state index is -0.797. The molecule has 1 aliphatic carbocycles. The van der Waals surface area contributed by atoms with Gasteiger partial charge in [0.1, 0.15) is 0 Å². The van der Waals surface area contributed by atoms with E-state index in [1.807, 2.05) is 19.9 Å². The monoisotopic (exact) mass is 406 g/mol. The summed E-state index contributed by atoms with van der Waals surface area (Å²) in [5, 5.41) is 0. The Hall–Kier alpha value is -2.01. The van der Waals surface area contributed by atoms with Gasteiger partial charge in [-0.3, -0.25) is 0 Å². The summed E-state index contributed by atoms with van der Waals surface area (Å²) in [5.74, 6) is -1.31. The van der Waals surface area contributed by atoms with Crippen molar-refractivity contribution in [1.29, 1.82) is 0 Å². The van der Waals surface area contributed by atoms with E-state index in [2.05, 4.69) is 0 Å². The van der Waals surface area contributed by atoms with E-state index >= 15 is 0 Å². The van der Waals surface area contributed by atoms with Crippen molar-refractivity contribution in [3.05, 3.63) is 64.5 Å². The third-order valence-electron chi connectivity index (χ3n) is 5.64. The molecule has 158 valence electrons. The first-order chi connectivity index (χ1) is 14.0. The third kappa shape index (κ3) is 5.33. The number of hydrogen-bond acceptors (Lipinski definition) is 2. The minimum absolute atomic E-state index is 0.0107. The summed E-state index contributed by atoms with van der Waals surface area (Å²) in [4.78, 5) is 0. The van der Waals surface area contributed by atoms with Crippen LogP contribution in [0.15, 0.2) is 30.3 Å². The topological polar surface area (TPSA) is 18.5 Å². The van der Waals surface area contributed by atoms with Crippen molar-refractivity contribution >= 4 is 0 Å². The van der Waals surface area contributed by atoms with Crippen LogP contribution in [-0.4, -0.2) is 12.7 Å². The minimum Gasteiger partial charge on any atom is -0.491 e. The molecule has 0 aliphatic heterocycles. The summed E-state index contributed by atoms with van der Waals surface area (Å²) in [7, 11) is 0. The highest BCUT2D eigenvalue weighted by atomic mass is 19.2. The fourth-order valence-corrected chi connectivity index (χ4v) is 4.02. The molecule has 1 aliphatic rings. The van der Waals surface area contributed by atoms with Crippen LogP contribution in [0.5, 0.6) is 5.75 Å². The fraction of sp³-hybridized carbons (Fsp3) is 0.500. The van der Waals surface area contributed by atoms with Crippen LogP contribution >= 0.6 is 0 Å². The predicted octanol–water partition coefficient (Wildman–Crippen LogP) is 6.70. The normalized spacial score (nSPS) is 19.3. The zero-order chi connectivity index (χ0) is 20.8. The van der Waals surface area contributed by atoms with Crippen molar-refractivity contribution in [3.8, 4) is 5.75 Å². The Labute approximate surface area is 171 Å². The lowest BCUT2D eigenvalue weighted by molar-refractivity contribution is 0.0118. The van der Waals surface area contributed by atoms with E-state index in [0.717, 1.165) is 37.7 Å². The summed E-state index contributed by atoms with van der Waals surface area (Å²) in [6, 6.07) is 8.45. The zero-order valence-corrected chi connectivity index (χ0v) is 17.1. The molecule has 0 atom stereocenters. The van der Waals surface area contributed by atoms with E-state index in [0.29, 0.717) is 18.6 Å². The van der Waals surface area contributed by atoms with E-state index in [1.165, 1.54) is 0 Å². The van der Waals surface area contributed by atoms with Crippen LogP contribution in [0.2, 0.25) is 0 Å². The smallest absolute Gasteiger partial charge is 0.165 e. The van der Waals surface area contributed by atoms with Gasteiger partial charge in [-0.05, 0) is 68.2 Å². The first-order valence-corrected chi connectivity index (χ1v) is 10.5. The molecule has 2 aromatic rings. The molecule has 0 saturated heterocycles. The summed E-state index contributed by atoms with van der Waals surface area (Å²) in [6.07, 6.45) is 4.70. The van der Waals surface area contributed by atoms with Crippen LogP contribution in [0, 0.1) is 17.5 Å². The van der Waals surface area contributed by atoms with Gasteiger partial charge in [-0.1, -0.05) is 31.5 Å². The van der Waals surface area contributed by atoms with E-state index < -0.39 is 11.6 Å². The second-order valence-electron chi connectivity index (χ2n) is 7.67. The van der Waals surface area contributed by atoms with Gasteiger partial charge in [0.2, 0.25) is 0 Å². The lowest BCUT2D eigenvalue weighted by atomic mass is 9.82. The average Bonchev–Trinajstić information content (AvgIpc) is 2.73. The molecule has 1 fully saturated rings. The van der Waals surface area contributed by atoms with Crippen molar-refractivity contribution in [2.75, 3.05) is 6.61 Å². The SMILES string of the molecule is CCCc1ccc(COC2CCC(c3ccc(OCC)c(F)c3)CC2)c(F)c1F. The van der Waals surface area contributed by atoms with Gasteiger partial charge in [0, 0.05) is 5.56 Å². The van der Waals surface area contributed by atoms with Crippen LogP contribution in [0.1, 0.15) is 68.6 Å². The van der Waals surface area contributed by atoms with E-state index in [9.17, 15) is 13.2 Å². The highest BCUT2D eigenvalue weighted by molar-refractivity contribution is 5.31. The van der Waals surface area contributed by atoms with Gasteiger partial charge in [0.25, 0.3) is 0 Å². The molecule has 0 N–H and O–H groups in total. The first-order valence-electron chi connectivity index (χ1n) is 10.5. The van der Waals surface area contributed by atoms with Crippen LogP contribution < -0.4 is 4.74 Å². The molecule has 0 spiro atoms. The lowest BCUT2D eigenvalue weighted by Gasteiger charge is -2.29. The Morgan fingerprint density at radius 2 is 1.59 bits per heavy atom. The van der Waals surface area contributed by atoms with Gasteiger partial charge in [0.15, 0.2) is 23.2 Å². The summed E-state index contributed by atoms with van der Waals surface area (Å²) < 4.78 is 53.6. The molecule has 29 heavy (non-hydrogen) atoms. The van der Waals surface area contributed by atoms with Crippen molar-refractivity contribution in [2.45, 2.75) is 71.0 Å². The van der Waals surface area contributed by atoms with Crippen molar-refractivity contribution in [2.24, 2.45) is 0 Å². The molecule has 0 radical (unpaired) electrons. The van der Waals surface area contributed by atoms with Gasteiger partial charge >= 0.3 is 0 Å². The average molecular weight is 406 g/mol. The number of halogens is 3. The molecular weight excluding hydrogens is 377 g/mol. The van der Waals surface area contributed by atoms with E-state index in [4.69, 9.17) is 9.47 Å². The molecule has 3 rings (SSSR count). The molecule has 2 aromatic carbocycles. The molecule has 0 bridgehead atoms. The second kappa shape index (κ2) is 10.1. The predicted molar refractivity (Wildman–Crippen MR) is 108 cm³/mol. The molecule has 0 unspecified atom stereocenters. The largest absolute Gasteiger partial charge is 0.491 e. The molecule has 0 amide bonds. The van der Waals surface area contributed by atoms with E-state index in [-0.39, 0.29) is 35.8 Å². The van der Waals surface area contributed by atoms with Crippen molar-refractivity contribution < 1.29 is 22.6 Å². The standard InChI is InChI=1S/C24H29F3O2/c1-3-5-17-6-7-19(24(27)23(17)26)15-29-20-11-8-16(9-12-20)18-10-13-22(28-4-2)21(25)14-18/h6-7,10,13-14,16,20H,3-5,8-9,11-12,15H2,1-2H3. The Bertz CT molecular complexity index is 814. The van der Waals surface area contributed by atoms with Crippen LogP contribution in [0.25, 0.3) is 0 Å². The molecule has 0 aromatic heterocycles. The quantitative estimate of drug-likeness (QED) is 0.486. The second-order valence-corrected chi connectivity index (χ2v) is 7.67. The van der Waals surface area contributed by atoms with Gasteiger partial charge in [-0.25, -0.2) is 13.2 Å². The Morgan fingerprint density at radius 1 is 0.897 bits per heavy atom. The van der Waals surface area contributed by atoms with Gasteiger partial charge in [-0.15, -0.1) is 0 Å². The van der Waals surface area contributed by atoms with Crippen LogP contribution in [-0.2, 0) is 17.8 Å². The highest BCUT2D eigenvalue weighted by Crippen LogP contribution is 2.36.